The van der Waals surface area contributed by atoms with E-state index in [0.29, 0.717) is 13.1 Å². The van der Waals surface area contributed by atoms with Crippen LogP contribution in [0.5, 0.6) is 0 Å². The number of carbonyl (C=O) groups is 4. The third kappa shape index (κ3) is 7.34. The summed E-state index contributed by atoms with van der Waals surface area (Å²) in [4.78, 5) is 45.5. The molecule has 0 bridgehead atoms. The molecular weight excluding hydrogens is 264 g/mol. The lowest BCUT2D eigenvalue weighted by Gasteiger charge is -2.10. The zero-order valence-electron chi connectivity index (χ0n) is 11.3. The highest BCUT2D eigenvalue weighted by atomic mass is 16.2. The van der Waals surface area contributed by atoms with Crippen molar-refractivity contribution >= 4 is 23.6 Å². The monoisotopic (exact) mass is 284 g/mol. The lowest BCUT2D eigenvalue weighted by molar-refractivity contribution is -0.127. The lowest BCUT2D eigenvalue weighted by Crippen LogP contribution is -2.38. The van der Waals surface area contributed by atoms with Crippen molar-refractivity contribution in [3.8, 4) is 0 Å². The van der Waals surface area contributed by atoms with Crippen LogP contribution in [0.25, 0.3) is 0 Å². The second kappa shape index (κ2) is 8.89. The Morgan fingerprint density at radius 3 is 1.15 bits per heavy atom. The molecule has 1 heterocycles. The first-order valence-electron chi connectivity index (χ1n) is 6.64. The molecule has 0 aromatic rings. The first-order valence-corrected chi connectivity index (χ1v) is 6.64. The third-order valence-corrected chi connectivity index (χ3v) is 2.70. The van der Waals surface area contributed by atoms with Crippen molar-refractivity contribution < 1.29 is 19.2 Å². The van der Waals surface area contributed by atoms with E-state index in [-0.39, 0.29) is 62.4 Å². The van der Waals surface area contributed by atoms with Gasteiger partial charge >= 0.3 is 0 Å². The van der Waals surface area contributed by atoms with Gasteiger partial charge in [-0.15, -0.1) is 0 Å². The molecule has 1 fully saturated rings. The minimum atomic E-state index is -0.266. The summed E-state index contributed by atoms with van der Waals surface area (Å²) >= 11 is 0. The zero-order chi connectivity index (χ0) is 14.8. The number of amides is 4. The second-order valence-electron chi connectivity index (χ2n) is 4.40. The van der Waals surface area contributed by atoms with Gasteiger partial charge in [0.2, 0.25) is 23.6 Å². The van der Waals surface area contributed by atoms with E-state index in [4.69, 9.17) is 0 Å². The molecule has 0 radical (unpaired) electrons. The van der Waals surface area contributed by atoms with Crippen LogP contribution in [0.2, 0.25) is 0 Å². The molecule has 0 atom stereocenters. The number of nitrogens with one attached hydrogen (secondary N) is 4. The van der Waals surface area contributed by atoms with Gasteiger partial charge in [-0.25, -0.2) is 0 Å². The van der Waals surface area contributed by atoms with Gasteiger partial charge in [-0.1, -0.05) is 0 Å². The normalized spacial score (nSPS) is 20.4. The smallest absolute Gasteiger partial charge is 0.221 e. The minimum Gasteiger partial charge on any atom is -0.356 e. The molecule has 8 heteroatoms. The Bertz CT molecular complexity index is 348. The fourth-order valence-electron chi connectivity index (χ4n) is 1.62. The van der Waals surface area contributed by atoms with Gasteiger partial charge in [0.15, 0.2) is 0 Å². The minimum absolute atomic E-state index is 0.0691. The summed E-state index contributed by atoms with van der Waals surface area (Å²) in [6, 6.07) is 0. The van der Waals surface area contributed by atoms with Gasteiger partial charge < -0.3 is 21.3 Å². The first kappa shape index (κ1) is 15.9. The topological polar surface area (TPSA) is 116 Å². The van der Waals surface area contributed by atoms with Gasteiger partial charge in [-0.3, -0.25) is 19.2 Å². The molecule has 0 aliphatic carbocycles. The Hall–Kier alpha value is -2.12. The van der Waals surface area contributed by atoms with Crippen molar-refractivity contribution in [2.45, 2.75) is 25.7 Å². The Labute approximate surface area is 117 Å². The highest BCUT2D eigenvalue weighted by Crippen LogP contribution is 1.90. The number of rotatable bonds is 0. The maximum Gasteiger partial charge on any atom is 0.221 e. The molecule has 0 saturated carbocycles. The third-order valence-electron chi connectivity index (χ3n) is 2.70. The van der Waals surface area contributed by atoms with E-state index < -0.39 is 0 Å². The van der Waals surface area contributed by atoms with Crippen LogP contribution in [-0.4, -0.2) is 49.8 Å². The predicted molar refractivity (Wildman–Crippen MR) is 70.5 cm³/mol. The lowest BCUT2D eigenvalue weighted by atomic mass is 10.2. The van der Waals surface area contributed by atoms with Crippen LogP contribution < -0.4 is 21.3 Å². The van der Waals surface area contributed by atoms with Gasteiger partial charge in [0.1, 0.15) is 0 Å². The Balaban J connectivity index is 2.42. The van der Waals surface area contributed by atoms with Crippen LogP contribution in [-0.2, 0) is 19.2 Å². The summed E-state index contributed by atoms with van der Waals surface area (Å²) in [6.07, 6.45) is 0.483. The van der Waals surface area contributed by atoms with E-state index >= 15 is 0 Å². The van der Waals surface area contributed by atoms with Crippen molar-refractivity contribution in [3.05, 3.63) is 0 Å². The first-order chi connectivity index (χ1) is 9.58. The molecule has 0 spiro atoms. The molecule has 0 unspecified atom stereocenters. The van der Waals surface area contributed by atoms with Crippen molar-refractivity contribution in [2.75, 3.05) is 26.2 Å². The van der Waals surface area contributed by atoms with E-state index in [1.165, 1.54) is 0 Å². The molecule has 4 N–H and O–H groups in total. The van der Waals surface area contributed by atoms with Crippen LogP contribution in [0.1, 0.15) is 25.7 Å². The maximum absolute atomic E-state index is 11.4. The van der Waals surface area contributed by atoms with E-state index in [1.807, 2.05) is 0 Å². The molecule has 1 rings (SSSR count). The SMILES string of the molecule is O=C1CCNC(=O)CCC(=O)NCCC(=O)NCCN1. The van der Waals surface area contributed by atoms with Crippen molar-refractivity contribution in [1.82, 2.24) is 21.3 Å². The summed E-state index contributed by atoms with van der Waals surface area (Å²) in [5.74, 6) is -0.913. The van der Waals surface area contributed by atoms with Crippen LogP contribution in [0.3, 0.4) is 0 Å². The van der Waals surface area contributed by atoms with Crippen molar-refractivity contribution in [2.24, 2.45) is 0 Å². The molecule has 0 aromatic heterocycles. The van der Waals surface area contributed by atoms with Crippen LogP contribution >= 0.6 is 0 Å². The molecule has 8 nitrogen and oxygen atoms in total. The maximum atomic E-state index is 11.4. The van der Waals surface area contributed by atoms with Crippen molar-refractivity contribution in [3.63, 3.8) is 0 Å². The molecule has 112 valence electrons. The van der Waals surface area contributed by atoms with Crippen molar-refractivity contribution in [1.29, 1.82) is 0 Å². The average molecular weight is 284 g/mol. The molecule has 1 aliphatic rings. The van der Waals surface area contributed by atoms with E-state index in [0.717, 1.165) is 0 Å². The summed E-state index contributed by atoms with van der Waals surface area (Å²) in [5.41, 5.74) is 0. The Kier molecular flexibility index (Phi) is 7.08. The quantitative estimate of drug-likeness (QED) is 0.412. The molecule has 1 aliphatic heterocycles. The summed E-state index contributed by atoms with van der Waals surface area (Å²) in [7, 11) is 0. The van der Waals surface area contributed by atoms with Gasteiger partial charge in [0.05, 0.1) is 0 Å². The van der Waals surface area contributed by atoms with Crippen LogP contribution in [0.15, 0.2) is 0 Å². The van der Waals surface area contributed by atoms with Gasteiger partial charge in [-0.05, 0) is 0 Å². The highest BCUT2D eigenvalue weighted by Gasteiger charge is 2.09. The van der Waals surface area contributed by atoms with E-state index in [1.54, 1.807) is 0 Å². The van der Waals surface area contributed by atoms with Gasteiger partial charge in [-0.2, -0.15) is 0 Å². The van der Waals surface area contributed by atoms with E-state index in [2.05, 4.69) is 21.3 Å². The molecule has 20 heavy (non-hydrogen) atoms. The molecule has 4 amide bonds. The number of hydrogen-bond donors (Lipinski definition) is 4. The zero-order valence-corrected chi connectivity index (χ0v) is 11.3. The molecular formula is C12H20N4O4. The standard InChI is InChI=1S/C12H20N4O4/c17-9-1-2-10(18)14-6-4-12(20)16-8-7-15-11(19)3-5-13-9/h1-8H2,(H,13,17)(H,14,18)(H,15,19)(H,16,20). The summed E-state index contributed by atoms with van der Waals surface area (Å²) in [6.45, 7) is 1.15. The average Bonchev–Trinajstić information content (AvgIpc) is 2.40. The molecule has 1 saturated heterocycles. The van der Waals surface area contributed by atoms with Crippen LogP contribution in [0.4, 0.5) is 0 Å². The molecule has 0 aromatic carbocycles. The summed E-state index contributed by atoms with van der Waals surface area (Å²) in [5, 5.41) is 10.4. The fourth-order valence-corrected chi connectivity index (χ4v) is 1.62. The van der Waals surface area contributed by atoms with Crippen LogP contribution in [0, 0.1) is 0 Å². The fraction of sp³-hybridized carbons (Fsp3) is 0.667. The van der Waals surface area contributed by atoms with Gasteiger partial charge in [0, 0.05) is 51.9 Å². The second-order valence-corrected chi connectivity index (χ2v) is 4.40. The van der Waals surface area contributed by atoms with Gasteiger partial charge in [0.25, 0.3) is 0 Å². The Morgan fingerprint density at radius 1 is 0.450 bits per heavy atom. The number of hydrogen-bond acceptors (Lipinski definition) is 4. The number of carbonyl (C=O) groups excluding carboxylic acids is 4. The Morgan fingerprint density at radius 2 is 0.750 bits per heavy atom. The predicted octanol–water partition coefficient (Wildman–Crippen LogP) is -1.97. The highest BCUT2D eigenvalue weighted by molar-refractivity contribution is 5.84. The summed E-state index contributed by atoms with van der Waals surface area (Å²) < 4.78 is 0. The van der Waals surface area contributed by atoms with E-state index in [9.17, 15) is 19.2 Å². The largest absolute Gasteiger partial charge is 0.356 e.